The molecule has 1 fully saturated rings. The third kappa shape index (κ3) is 5.12. The lowest BCUT2D eigenvalue weighted by Crippen LogP contribution is -2.48. The molecule has 0 bridgehead atoms. The average Bonchev–Trinajstić information content (AvgIpc) is 3.25. The lowest BCUT2D eigenvalue weighted by Gasteiger charge is -2.33. The lowest BCUT2D eigenvalue weighted by molar-refractivity contribution is 0.384. The van der Waals surface area contributed by atoms with E-state index in [-0.39, 0.29) is 5.02 Å². The van der Waals surface area contributed by atoms with Gasteiger partial charge in [-0.1, -0.05) is 45.7 Å². The lowest BCUT2D eigenvalue weighted by atomic mass is 10.1. The van der Waals surface area contributed by atoms with E-state index in [0.717, 1.165) is 22.0 Å². The highest BCUT2D eigenvalue weighted by Gasteiger charge is 2.29. The Morgan fingerprint density at radius 2 is 1.74 bits per heavy atom. The Bertz CT molecular complexity index is 1160. The Balaban J connectivity index is 1.39. The fourth-order valence-electron chi connectivity index (χ4n) is 3.40. The van der Waals surface area contributed by atoms with Crippen molar-refractivity contribution in [3.63, 3.8) is 0 Å². The first-order valence-electron chi connectivity index (χ1n) is 9.65. The maximum absolute atomic E-state index is 13.7. The molecule has 1 saturated heterocycles. The smallest absolute Gasteiger partial charge is 0.243 e. The predicted octanol–water partition coefficient (Wildman–Crippen LogP) is 4.93. The number of thiazole rings is 1. The molecular formula is C21H20BrClFN3O2S2. The molecule has 1 aliphatic heterocycles. The average molecular weight is 545 g/mol. The Labute approximate surface area is 198 Å². The van der Waals surface area contributed by atoms with Crippen molar-refractivity contribution in [3.05, 3.63) is 75.5 Å². The van der Waals surface area contributed by atoms with Gasteiger partial charge in [0, 0.05) is 43.3 Å². The van der Waals surface area contributed by atoms with Gasteiger partial charge in [0.05, 0.1) is 15.6 Å². The summed E-state index contributed by atoms with van der Waals surface area (Å²) in [6.45, 7) is 1.95. The third-order valence-electron chi connectivity index (χ3n) is 5.13. The number of benzene rings is 2. The van der Waals surface area contributed by atoms with Gasteiger partial charge < -0.3 is 4.90 Å². The number of nitrogens with zero attached hydrogens (tertiary/aromatic N) is 3. The quantitative estimate of drug-likeness (QED) is 0.413. The van der Waals surface area contributed by atoms with Crippen molar-refractivity contribution in [2.45, 2.75) is 16.6 Å². The van der Waals surface area contributed by atoms with Gasteiger partial charge in [0.15, 0.2) is 5.13 Å². The first-order valence-corrected chi connectivity index (χ1v) is 13.5. The molecule has 0 spiro atoms. The molecule has 2 aromatic carbocycles. The van der Waals surface area contributed by atoms with Crippen LogP contribution in [0.2, 0.25) is 5.02 Å². The molecule has 164 valence electrons. The standard InChI is InChI=1S/C21H20BrClFN3O2S2/c22-13-15-1-4-18(5-2-15)31(28,29)27-9-7-26(8-10-27)21-25-17(14-30-21)11-16-3-6-19(23)20(24)12-16/h1-6,12,14H,7-11,13H2. The van der Waals surface area contributed by atoms with E-state index in [4.69, 9.17) is 11.6 Å². The molecule has 10 heteroatoms. The molecule has 0 atom stereocenters. The van der Waals surface area contributed by atoms with Gasteiger partial charge in [0.1, 0.15) is 5.82 Å². The van der Waals surface area contributed by atoms with Crippen molar-refractivity contribution >= 4 is 54.0 Å². The molecule has 1 aromatic heterocycles. The minimum absolute atomic E-state index is 0.106. The van der Waals surface area contributed by atoms with Crippen molar-refractivity contribution < 1.29 is 12.8 Å². The summed E-state index contributed by atoms with van der Waals surface area (Å²) in [5, 5.41) is 3.60. The summed E-state index contributed by atoms with van der Waals surface area (Å²) in [4.78, 5) is 7.07. The van der Waals surface area contributed by atoms with Gasteiger partial charge in [-0.2, -0.15) is 4.31 Å². The van der Waals surface area contributed by atoms with Crippen LogP contribution < -0.4 is 4.90 Å². The molecule has 4 rings (SSSR count). The summed E-state index contributed by atoms with van der Waals surface area (Å²) in [7, 11) is -3.51. The van der Waals surface area contributed by atoms with Crippen LogP contribution >= 0.6 is 38.9 Å². The van der Waals surface area contributed by atoms with Gasteiger partial charge in [-0.25, -0.2) is 17.8 Å². The van der Waals surface area contributed by atoms with Gasteiger partial charge in [0.2, 0.25) is 10.0 Å². The van der Waals surface area contributed by atoms with Crippen LogP contribution in [0.15, 0.2) is 52.7 Å². The van der Waals surface area contributed by atoms with E-state index < -0.39 is 15.8 Å². The van der Waals surface area contributed by atoms with Gasteiger partial charge in [-0.3, -0.25) is 0 Å². The Morgan fingerprint density at radius 1 is 1.06 bits per heavy atom. The summed E-state index contributed by atoms with van der Waals surface area (Å²) in [5.74, 6) is -0.436. The monoisotopic (exact) mass is 543 g/mol. The summed E-state index contributed by atoms with van der Waals surface area (Å²) >= 11 is 10.6. The summed E-state index contributed by atoms with van der Waals surface area (Å²) in [6, 6.07) is 11.7. The second-order valence-corrected chi connectivity index (χ2v) is 11.0. The molecular weight excluding hydrogens is 525 g/mol. The van der Waals surface area contributed by atoms with E-state index >= 15 is 0 Å². The van der Waals surface area contributed by atoms with Crippen LogP contribution in [-0.2, 0) is 21.8 Å². The van der Waals surface area contributed by atoms with E-state index in [9.17, 15) is 12.8 Å². The zero-order valence-corrected chi connectivity index (χ0v) is 20.4. The Morgan fingerprint density at radius 3 is 2.39 bits per heavy atom. The highest BCUT2D eigenvalue weighted by atomic mass is 79.9. The van der Waals surface area contributed by atoms with Gasteiger partial charge >= 0.3 is 0 Å². The Hall–Kier alpha value is -1.52. The molecule has 1 aliphatic rings. The van der Waals surface area contributed by atoms with Crippen LogP contribution in [0.4, 0.5) is 9.52 Å². The van der Waals surface area contributed by atoms with Crippen LogP contribution in [0.3, 0.4) is 0 Å². The molecule has 3 aromatic rings. The molecule has 0 aliphatic carbocycles. The van der Waals surface area contributed by atoms with E-state index in [1.807, 2.05) is 17.5 Å². The minimum Gasteiger partial charge on any atom is -0.345 e. The number of halogens is 3. The number of alkyl halides is 1. The second kappa shape index (κ2) is 9.54. The molecule has 0 unspecified atom stereocenters. The van der Waals surface area contributed by atoms with Gasteiger partial charge in [-0.05, 0) is 35.4 Å². The number of rotatable bonds is 6. The number of anilines is 1. The third-order valence-corrected chi connectivity index (χ3v) is 8.95. The van der Waals surface area contributed by atoms with Gasteiger partial charge in [-0.15, -0.1) is 11.3 Å². The normalized spacial score (nSPS) is 15.4. The van der Waals surface area contributed by atoms with Crippen LogP contribution in [0.5, 0.6) is 0 Å². The molecule has 0 N–H and O–H groups in total. The van der Waals surface area contributed by atoms with Crippen LogP contribution in [0.1, 0.15) is 16.8 Å². The molecule has 31 heavy (non-hydrogen) atoms. The number of aromatic nitrogens is 1. The maximum atomic E-state index is 13.7. The summed E-state index contributed by atoms with van der Waals surface area (Å²) in [5.41, 5.74) is 2.69. The van der Waals surface area contributed by atoms with E-state index in [0.29, 0.717) is 42.8 Å². The second-order valence-electron chi connectivity index (χ2n) is 7.22. The highest BCUT2D eigenvalue weighted by Crippen LogP contribution is 2.26. The molecule has 5 nitrogen and oxygen atoms in total. The first-order chi connectivity index (χ1) is 14.9. The zero-order chi connectivity index (χ0) is 22.0. The summed E-state index contributed by atoms with van der Waals surface area (Å²) < 4.78 is 41.0. The molecule has 0 saturated carbocycles. The first kappa shape index (κ1) is 22.7. The van der Waals surface area contributed by atoms with E-state index in [1.165, 1.54) is 21.7 Å². The van der Waals surface area contributed by atoms with Crippen molar-refractivity contribution in [2.75, 3.05) is 31.1 Å². The van der Waals surface area contributed by atoms with Crippen LogP contribution in [-0.4, -0.2) is 43.9 Å². The summed E-state index contributed by atoms with van der Waals surface area (Å²) in [6.07, 6.45) is 0.517. The highest BCUT2D eigenvalue weighted by molar-refractivity contribution is 9.08. The Kier molecular flexibility index (Phi) is 6.98. The van der Waals surface area contributed by atoms with E-state index in [2.05, 4.69) is 25.8 Å². The van der Waals surface area contributed by atoms with Gasteiger partial charge in [0.25, 0.3) is 0 Å². The largest absolute Gasteiger partial charge is 0.345 e. The van der Waals surface area contributed by atoms with Crippen LogP contribution in [0, 0.1) is 5.82 Å². The predicted molar refractivity (Wildman–Crippen MR) is 126 cm³/mol. The fourth-order valence-corrected chi connectivity index (χ4v) is 6.19. The molecule has 0 radical (unpaired) electrons. The number of piperazine rings is 1. The number of hydrogen-bond donors (Lipinski definition) is 0. The molecule has 0 amide bonds. The van der Waals surface area contributed by atoms with Crippen molar-refractivity contribution in [1.29, 1.82) is 0 Å². The number of hydrogen-bond acceptors (Lipinski definition) is 5. The van der Waals surface area contributed by atoms with Crippen molar-refractivity contribution in [1.82, 2.24) is 9.29 Å². The SMILES string of the molecule is O=S(=O)(c1ccc(CBr)cc1)N1CCN(c2nc(Cc3ccc(Cl)c(F)c3)cs2)CC1. The van der Waals surface area contributed by atoms with Crippen molar-refractivity contribution in [2.24, 2.45) is 0 Å². The minimum atomic E-state index is -3.51. The zero-order valence-electron chi connectivity index (χ0n) is 16.5. The maximum Gasteiger partial charge on any atom is 0.243 e. The molecule has 2 heterocycles. The topological polar surface area (TPSA) is 53.5 Å². The van der Waals surface area contributed by atoms with Crippen molar-refractivity contribution in [3.8, 4) is 0 Å². The van der Waals surface area contributed by atoms with Crippen LogP contribution in [0.25, 0.3) is 0 Å². The fraction of sp³-hybridized carbons (Fsp3) is 0.286. The van der Waals surface area contributed by atoms with E-state index in [1.54, 1.807) is 24.3 Å². The number of sulfonamides is 1.